The van der Waals surface area contributed by atoms with Crippen LogP contribution in [-0.4, -0.2) is 73.3 Å². The monoisotopic (exact) mass is 726 g/mol. The fourth-order valence-electron chi connectivity index (χ4n) is 7.67. The van der Waals surface area contributed by atoms with Crippen molar-refractivity contribution < 1.29 is 27.9 Å². The van der Waals surface area contributed by atoms with Gasteiger partial charge in [0, 0.05) is 63.1 Å². The van der Waals surface area contributed by atoms with Crippen molar-refractivity contribution in [3.8, 4) is 17.0 Å². The molecule has 0 spiro atoms. The van der Waals surface area contributed by atoms with Crippen LogP contribution in [0.3, 0.4) is 0 Å². The number of aromatic nitrogens is 1. The molecule has 2 aliphatic heterocycles. The van der Waals surface area contributed by atoms with Gasteiger partial charge < -0.3 is 24.2 Å². The molecule has 0 unspecified atom stereocenters. The van der Waals surface area contributed by atoms with Crippen LogP contribution in [0.1, 0.15) is 71.7 Å². The number of piperazine rings is 1. The largest absolute Gasteiger partial charge is 0.489 e. The Balaban J connectivity index is 0.00000417. The van der Waals surface area contributed by atoms with Gasteiger partial charge in [-0.05, 0) is 84.8 Å². The highest BCUT2D eigenvalue weighted by Gasteiger charge is 2.29. The molecule has 10 nitrogen and oxygen atoms in total. The summed E-state index contributed by atoms with van der Waals surface area (Å²) < 4.78 is 35.4. The Hall–Kier alpha value is -3.58. The molecule has 2 aromatic carbocycles. The van der Waals surface area contributed by atoms with Gasteiger partial charge in [-0.25, -0.2) is 13.2 Å². The van der Waals surface area contributed by atoms with E-state index in [1.54, 1.807) is 6.07 Å². The molecule has 2 saturated heterocycles. The molecule has 4 aromatic rings. The fraction of sp³-hybridized carbons (Fsp3) is 0.444. The highest BCUT2D eigenvalue weighted by molar-refractivity contribution is 7.88. The van der Waals surface area contributed by atoms with Crippen LogP contribution < -0.4 is 14.5 Å². The summed E-state index contributed by atoms with van der Waals surface area (Å²) in [5.74, 6) is 0.365. The summed E-state index contributed by atoms with van der Waals surface area (Å²) in [6.45, 7) is 2.98. The Morgan fingerprint density at radius 1 is 0.959 bits per heavy atom. The first kappa shape index (κ1) is 35.3. The number of carbonyl (C=O) groups is 2. The normalized spacial score (nSPS) is 17.9. The summed E-state index contributed by atoms with van der Waals surface area (Å²) in [5, 5.41) is 9.70. The Kier molecular flexibility index (Phi) is 10.3. The third-order valence-electron chi connectivity index (χ3n) is 10.2. The molecule has 1 N–H and O–H groups in total. The zero-order valence-corrected chi connectivity index (χ0v) is 30.3. The number of halogens is 1. The number of ether oxygens (including phenoxy) is 1. The van der Waals surface area contributed by atoms with Gasteiger partial charge >= 0.3 is 5.97 Å². The number of anilines is 2. The SMILES string of the molecule is Cl.Cn1c(-c2ccc(OCc3cc(N4CCCC4=O)ccc3N3CCN(S(C)(=O)=O)CC3)cc2)c(C2CCCCC2)c2sc(C(=O)O)cc21. The summed E-state index contributed by atoms with van der Waals surface area (Å²) >= 11 is 1.38. The van der Waals surface area contributed by atoms with Crippen molar-refractivity contribution in [3.63, 3.8) is 0 Å². The highest BCUT2D eigenvalue weighted by Crippen LogP contribution is 2.46. The molecule has 3 fully saturated rings. The van der Waals surface area contributed by atoms with E-state index < -0.39 is 16.0 Å². The van der Waals surface area contributed by atoms with Crippen LogP contribution in [0.5, 0.6) is 5.75 Å². The topological polar surface area (TPSA) is 112 Å². The van der Waals surface area contributed by atoms with Crippen molar-refractivity contribution in [2.45, 2.75) is 57.5 Å². The molecule has 1 amide bonds. The number of carbonyl (C=O) groups excluding carboxylic acids is 1. The summed E-state index contributed by atoms with van der Waals surface area (Å²) in [7, 11) is -1.21. The minimum absolute atomic E-state index is 0. The van der Waals surface area contributed by atoms with E-state index in [4.69, 9.17) is 4.74 Å². The number of amides is 1. The molecule has 3 aliphatic rings. The lowest BCUT2D eigenvalue weighted by Gasteiger charge is -2.36. The third-order valence-corrected chi connectivity index (χ3v) is 12.6. The molecule has 1 saturated carbocycles. The molecule has 2 aromatic heterocycles. The summed E-state index contributed by atoms with van der Waals surface area (Å²) in [6.07, 6.45) is 8.49. The second kappa shape index (κ2) is 14.3. The average Bonchev–Trinajstić information content (AvgIpc) is 3.79. The first-order chi connectivity index (χ1) is 23.1. The van der Waals surface area contributed by atoms with Gasteiger partial charge in [0.05, 0.1) is 22.2 Å². The van der Waals surface area contributed by atoms with Gasteiger partial charge in [-0.1, -0.05) is 19.3 Å². The van der Waals surface area contributed by atoms with E-state index in [0.717, 1.165) is 63.4 Å². The Labute approximate surface area is 297 Å². The number of carboxylic acid groups (broad SMARTS) is 1. The standard InChI is InChI=1S/C36H42N4O6S2.ClH/c1-37-30-22-31(36(42)43)47-35(30)33(24-7-4-3-5-8-24)34(37)25-10-13-28(14-11-25)46-23-26-21-27(40-16-6-9-32(40)41)12-15-29(26)38-17-19-39(20-18-38)48(2,44)45;/h10-15,21-22,24H,3-9,16-20,23H2,1-2H3,(H,42,43);1H. The lowest BCUT2D eigenvalue weighted by atomic mass is 9.83. The molecule has 7 rings (SSSR count). The zero-order valence-electron chi connectivity index (χ0n) is 27.9. The van der Waals surface area contributed by atoms with Crippen molar-refractivity contribution in [3.05, 3.63) is 64.5 Å². The van der Waals surface area contributed by atoms with Crippen molar-refractivity contribution in [2.75, 3.05) is 48.8 Å². The molecule has 0 bridgehead atoms. The molecule has 262 valence electrons. The number of hydrogen-bond donors (Lipinski definition) is 1. The van der Waals surface area contributed by atoms with E-state index in [1.165, 1.54) is 46.7 Å². The van der Waals surface area contributed by atoms with E-state index in [0.29, 0.717) is 56.5 Å². The van der Waals surface area contributed by atoms with Crippen LogP contribution in [0, 0.1) is 0 Å². The minimum atomic E-state index is -3.24. The van der Waals surface area contributed by atoms with Gasteiger partial charge in [0.15, 0.2) is 0 Å². The summed E-state index contributed by atoms with van der Waals surface area (Å²) in [4.78, 5) is 28.8. The van der Waals surface area contributed by atoms with Gasteiger partial charge in [-0.2, -0.15) is 4.31 Å². The lowest BCUT2D eigenvalue weighted by molar-refractivity contribution is -0.117. The Morgan fingerprint density at radius 3 is 2.31 bits per heavy atom. The number of hydrogen-bond acceptors (Lipinski definition) is 7. The van der Waals surface area contributed by atoms with Crippen LogP contribution >= 0.6 is 23.7 Å². The van der Waals surface area contributed by atoms with E-state index in [-0.39, 0.29) is 18.3 Å². The number of thiophene rings is 1. The third kappa shape index (κ3) is 7.06. The number of carboxylic acids is 1. The second-order valence-electron chi connectivity index (χ2n) is 13.2. The maximum atomic E-state index is 12.6. The predicted molar refractivity (Wildman–Crippen MR) is 197 cm³/mol. The van der Waals surface area contributed by atoms with Crippen molar-refractivity contribution in [2.24, 2.45) is 7.05 Å². The van der Waals surface area contributed by atoms with Gasteiger partial charge in [0.1, 0.15) is 17.2 Å². The van der Waals surface area contributed by atoms with Crippen LogP contribution in [0.25, 0.3) is 21.5 Å². The van der Waals surface area contributed by atoms with E-state index in [9.17, 15) is 23.1 Å². The van der Waals surface area contributed by atoms with Crippen LogP contribution in [0.2, 0.25) is 0 Å². The maximum absolute atomic E-state index is 12.6. The highest BCUT2D eigenvalue weighted by atomic mass is 35.5. The average molecular weight is 727 g/mol. The Morgan fingerprint density at radius 2 is 1.67 bits per heavy atom. The van der Waals surface area contributed by atoms with Gasteiger partial charge in [-0.15, -0.1) is 23.7 Å². The molecule has 0 radical (unpaired) electrons. The van der Waals surface area contributed by atoms with Crippen LogP contribution in [0.15, 0.2) is 48.5 Å². The number of rotatable bonds is 9. The quantitative estimate of drug-likeness (QED) is 0.201. The number of nitrogens with zero attached hydrogens (tertiary/aromatic N) is 4. The fourth-order valence-corrected chi connectivity index (χ4v) is 9.65. The predicted octanol–water partition coefficient (Wildman–Crippen LogP) is 6.86. The van der Waals surface area contributed by atoms with Crippen molar-refractivity contribution in [1.29, 1.82) is 0 Å². The van der Waals surface area contributed by atoms with Crippen LogP contribution in [-0.2, 0) is 28.5 Å². The minimum Gasteiger partial charge on any atom is -0.489 e. The smallest absolute Gasteiger partial charge is 0.345 e. The summed E-state index contributed by atoms with van der Waals surface area (Å²) in [6, 6.07) is 16.0. The zero-order chi connectivity index (χ0) is 33.6. The van der Waals surface area contributed by atoms with Crippen molar-refractivity contribution in [1.82, 2.24) is 8.87 Å². The molecular weight excluding hydrogens is 684 g/mol. The molecular formula is C36H43ClN4O6S2. The second-order valence-corrected chi connectivity index (χ2v) is 16.2. The van der Waals surface area contributed by atoms with E-state index >= 15 is 0 Å². The lowest BCUT2D eigenvalue weighted by Crippen LogP contribution is -2.48. The number of fused-ring (bicyclic) bond motifs is 1. The van der Waals surface area contributed by atoms with Gasteiger partial charge in [0.2, 0.25) is 15.9 Å². The van der Waals surface area contributed by atoms with Crippen LogP contribution in [0.4, 0.5) is 11.4 Å². The summed E-state index contributed by atoms with van der Waals surface area (Å²) in [5.41, 5.74) is 7.24. The van der Waals surface area contributed by atoms with Crippen molar-refractivity contribution >= 4 is 67.2 Å². The van der Waals surface area contributed by atoms with E-state index in [1.807, 2.05) is 42.3 Å². The molecule has 4 heterocycles. The number of aryl methyl sites for hydroxylation is 1. The molecule has 13 heteroatoms. The molecule has 49 heavy (non-hydrogen) atoms. The van der Waals surface area contributed by atoms with E-state index in [2.05, 4.69) is 21.6 Å². The van der Waals surface area contributed by atoms with Gasteiger partial charge in [0.25, 0.3) is 0 Å². The molecule has 0 atom stereocenters. The first-order valence-corrected chi connectivity index (χ1v) is 19.5. The maximum Gasteiger partial charge on any atom is 0.345 e. The number of sulfonamides is 1. The number of benzene rings is 2. The first-order valence-electron chi connectivity index (χ1n) is 16.8. The Bertz CT molecular complexity index is 1960. The number of aromatic carboxylic acids is 1. The van der Waals surface area contributed by atoms with Gasteiger partial charge in [-0.3, -0.25) is 4.79 Å². The molecule has 1 aliphatic carbocycles.